The van der Waals surface area contributed by atoms with Crippen LogP contribution >= 0.6 is 11.3 Å². The zero-order valence-electron chi connectivity index (χ0n) is 11.8. The average molecular weight is 297 g/mol. The van der Waals surface area contributed by atoms with E-state index in [1.807, 2.05) is 37.3 Å². The van der Waals surface area contributed by atoms with Gasteiger partial charge in [-0.25, -0.2) is 4.98 Å². The molecule has 0 aliphatic rings. The van der Waals surface area contributed by atoms with Crippen LogP contribution in [0.15, 0.2) is 58.2 Å². The Balaban J connectivity index is 1.80. The van der Waals surface area contributed by atoms with Gasteiger partial charge in [0.15, 0.2) is 0 Å². The van der Waals surface area contributed by atoms with Crippen molar-refractivity contribution in [2.75, 3.05) is 5.43 Å². The highest BCUT2D eigenvalue weighted by atomic mass is 32.1. The van der Waals surface area contributed by atoms with Crippen LogP contribution in [0, 0.1) is 6.92 Å². The third-order valence-corrected chi connectivity index (χ3v) is 3.92. The van der Waals surface area contributed by atoms with Crippen LogP contribution in [0.1, 0.15) is 17.6 Å². The van der Waals surface area contributed by atoms with Crippen molar-refractivity contribution < 1.29 is 4.42 Å². The first-order valence-corrected chi connectivity index (χ1v) is 7.43. The quantitative estimate of drug-likeness (QED) is 0.568. The van der Waals surface area contributed by atoms with Crippen LogP contribution in [0.3, 0.4) is 0 Å². The maximum absolute atomic E-state index is 5.29. The van der Waals surface area contributed by atoms with E-state index >= 15 is 0 Å². The molecule has 0 spiro atoms. The van der Waals surface area contributed by atoms with Crippen LogP contribution < -0.4 is 5.43 Å². The molecule has 3 rings (SSSR count). The Morgan fingerprint density at radius 3 is 2.71 bits per heavy atom. The fourth-order valence-corrected chi connectivity index (χ4v) is 2.76. The van der Waals surface area contributed by atoms with Crippen molar-refractivity contribution in [1.82, 2.24) is 4.98 Å². The number of thiazole rings is 1. The Bertz CT molecular complexity index is 745. The monoisotopic (exact) mass is 297 g/mol. The Morgan fingerprint density at radius 2 is 2.00 bits per heavy atom. The van der Waals surface area contributed by atoms with Crippen LogP contribution in [0.5, 0.6) is 0 Å². The summed E-state index contributed by atoms with van der Waals surface area (Å²) in [6.07, 6.45) is 1.63. The van der Waals surface area contributed by atoms with Crippen molar-refractivity contribution in [3.05, 3.63) is 59.4 Å². The summed E-state index contributed by atoms with van der Waals surface area (Å²) in [7, 11) is 0. The first-order chi connectivity index (χ1) is 10.2. The normalized spacial score (nSPS) is 11.6. The number of rotatable bonds is 4. The molecule has 0 amide bonds. The highest BCUT2D eigenvalue weighted by Gasteiger charge is 2.09. The second-order valence-electron chi connectivity index (χ2n) is 4.58. The minimum absolute atomic E-state index is 0.749. The molecule has 0 atom stereocenters. The van der Waals surface area contributed by atoms with E-state index in [1.165, 1.54) is 0 Å². The molecule has 0 bridgehead atoms. The molecule has 0 aliphatic heterocycles. The standard InChI is InChI=1S/C16H15N3OS/c1-11(14-9-6-10-20-14)18-19-16-17-15(12(2)21-16)13-7-4-3-5-8-13/h3-10H,1-2H3,(H,17,19)/b18-11+. The Labute approximate surface area is 127 Å². The molecular formula is C16H15N3OS. The summed E-state index contributed by atoms with van der Waals surface area (Å²) in [4.78, 5) is 5.76. The van der Waals surface area contributed by atoms with E-state index in [0.717, 1.165) is 32.7 Å². The van der Waals surface area contributed by atoms with E-state index in [9.17, 15) is 0 Å². The average Bonchev–Trinajstić information content (AvgIpc) is 3.15. The molecule has 21 heavy (non-hydrogen) atoms. The number of benzene rings is 1. The molecule has 0 saturated carbocycles. The van der Waals surface area contributed by atoms with Crippen molar-refractivity contribution in [3.8, 4) is 11.3 Å². The lowest BCUT2D eigenvalue weighted by molar-refractivity contribution is 0.557. The Hall–Kier alpha value is -2.40. The molecule has 106 valence electrons. The van der Waals surface area contributed by atoms with Crippen LogP contribution in [-0.4, -0.2) is 10.7 Å². The second-order valence-corrected chi connectivity index (χ2v) is 5.78. The third-order valence-electron chi connectivity index (χ3n) is 3.04. The molecule has 0 saturated heterocycles. The van der Waals surface area contributed by atoms with Crippen LogP contribution in [0.2, 0.25) is 0 Å². The number of nitrogens with zero attached hydrogens (tertiary/aromatic N) is 2. The van der Waals surface area contributed by atoms with Gasteiger partial charge in [0, 0.05) is 10.4 Å². The maximum Gasteiger partial charge on any atom is 0.204 e. The van der Waals surface area contributed by atoms with Gasteiger partial charge in [-0.2, -0.15) is 5.10 Å². The predicted molar refractivity (Wildman–Crippen MR) is 86.8 cm³/mol. The predicted octanol–water partition coefficient (Wildman–Crippen LogP) is 4.55. The number of aryl methyl sites for hydroxylation is 1. The number of hydrogen-bond donors (Lipinski definition) is 1. The molecule has 4 nitrogen and oxygen atoms in total. The minimum Gasteiger partial charge on any atom is -0.463 e. The Kier molecular flexibility index (Phi) is 3.83. The highest BCUT2D eigenvalue weighted by molar-refractivity contribution is 7.15. The fraction of sp³-hybridized carbons (Fsp3) is 0.125. The number of aromatic nitrogens is 1. The molecule has 1 aromatic carbocycles. The first-order valence-electron chi connectivity index (χ1n) is 6.61. The van der Waals surface area contributed by atoms with Gasteiger partial charge < -0.3 is 4.42 Å². The van der Waals surface area contributed by atoms with Gasteiger partial charge in [0.2, 0.25) is 5.13 Å². The molecule has 1 N–H and O–H groups in total. The number of hydrogen-bond acceptors (Lipinski definition) is 5. The van der Waals surface area contributed by atoms with Gasteiger partial charge in [0.25, 0.3) is 0 Å². The SMILES string of the molecule is C/C(=N\Nc1nc(-c2ccccc2)c(C)s1)c1ccco1. The first kappa shape index (κ1) is 13.6. The number of hydrazone groups is 1. The summed E-state index contributed by atoms with van der Waals surface area (Å²) < 4.78 is 5.29. The van der Waals surface area contributed by atoms with Crippen molar-refractivity contribution in [1.29, 1.82) is 0 Å². The molecule has 0 aliphatic carbocycles. The largest absolute Gasteiger partial charge is 0.463 e. The van der Waals surface area contributed by atoms with Gasteiger partial charge >= 0.3 is 0 Å². The van der Waals surface area contributed by atoms with E-state index in [1.54, 1.807) is 17.6 Å². The summed E-state index contributed by atoms with van der Waals surface area (Å²) in [5.41, 5.74) is 5.90. The van der Waals surface area contributed by atoms with Gasteiger partial charge in [-0.3, -0.25) is 5.43 Å². The summed E-state index contributed by atoms with van der Waals surface area (Å²) in [5.74, 6) is 0.749. The summed E-state index contributed by atoms with van der Waals surface area (Å²) in [5, 5.41) is 5.08. The number of nitrogens with one attached hydrogen (secondary N) is 1. The second kappa shape index (κ2) is 5.93. The van der Waals surface area contributed by atoms with Crippen molar-refractivity contribution >= 4 is 22.2 Å². The van der Waals surface area contributed by atoms with Gasteiger partial charge in [-0.05, 0) is 26.0 Å². The minimum atomic E-state index is 0.749. The zero-order chi connectivity index (χ0) is 14.7. The van der Waals surface area contributed by atoms with Gasteiger partial charge in [-0.1, -0.05) is 30.3 Å². The third kappa shape index (κ3) is 3.03. The van der Waals surface area contributed by atoms with Gasteiger partial charge in [-0.15, -0.1) is 11.3 Å². The smallest absolute Gasteiger partial charge is 0.204 e. The molecule has 0 fully saturated rings. The van der Waals surface area contributed by atoms with Crippen molar-refractivity contribution in [3.63, 3.8) is 0 Å². The fourth-order valence-electron chi connectivity index (χ4n) is 1.98. The Morgan fingerprint density at radius 1 is 1.19 bits per heavy atom. The molecule has 0 unspecified atom stereocenters. The lowest BCUT2D eigenvalue weighted by Crippen LogP contribution is -1.97. The van der Waals surface area contributed by atoms with Gasteiger partial charge in [0.05, 0.1) is 12.0 Å². The molecule has 2 aromatic heterocycles. The maximum atomic E-state index is 5.29. The van der Waals surface area contributed by atoms with E-state index in [2.05, 4.69) is 34.6 Å². The summed E-state index contributed by atoms with van der Waals surface area (Å²) in [6.45, 7) is 3.96. The van der Waals surface area contributed by atoms with Crippen LogP contribution in [-0.2, 0) is 0 Å². The number of furan rings is 1. The molecule has 2 heterocycles. The lowest BCUT2D eigenvalue weighted by Gasteiger charge is -1.98. The van der Waals surface area contributed by atoms with Crippen LogP contribution in [0.4, 0.5) is 5.13 Å². The van der Waals surface area contributed by atoms with E-state index in [-0.39, 0.29) is 0 Å². The zero-order valence-corrected chi connectivity index (χ0v) is 12.6. The molecule has 0 radical (unpaired) electrons. The number of anilines is 1. The lowest BCUT2D eigenvalue weighted by atomic mass is 10.1. The van der Waals surface area contributed by atoms with E-state index < -0.39 is 0 Å². The summed E-state index contributed by atoms with van der Waals surface area (Å²) in [6, 6.07) is 13.9. The molecule has 3 aromatic rings. The van der Waals surface area contributed by atoms with Crippen molar-refractivity contribution in [2.24, 2.45) is 5.10 Å². The molecule has 5 heteroatoms. The van der Waals surface area contributed by atoms with E-state index in [4.69, 9.17) is 4.42 Å². The topological polar surface area (TPSA) is 50.4 Å². The summed E-state index contributed by atoms with van der Waals surface area (Å²) >= 11 is 1.59. The van der Waals surface area contributed by atoms with Crippen molar-refractivity contribution in [2.45, 2.75) is 13.8 Å². The highest BCUT2D eigenvalue weighted by Crippen LogP contribution is 2.30. The van der Waals surface area contributed by atoms with Gasteiger partial charge in [0.1, 0.15) is 11.5 Å². The van der Waals surface area contributed by atoms with E-state index in [0.29, 0.717) is 0 Å². The molecular weight excluding hydrogens is 282 g/mol. The van der Waals surface area contributed by atoms with Crippen LogP contribution in [0.25, 0.3) is 11.3 Å².